The minimum Gasteiger partial charge on any atom is -0.506 e. The minimum atomic E-state index is -0.243. The topological polar surface area (TPSA) is 73.7 Å². The molecule has 0 fully saturated rings. The van der Waals surface area contributed by atoms with Crippen molar-refractivity contribution < 1.29 is 9.90 Å². The molecule has 2 aromatic rings. The van der Waals surface area contributed by atoms with E-state index in [0.717, 1.165) is 22.9 Å². The van der Waals surface area contributed by atoms with E-state index in [2.05, 4.69) is 31.8 Å². The lowest BCUT2D eigenvalue weighted by molar-refractivity contribution is -0.119. The van der Waals surface area contributed by atoms with E-state index in [0.29, 0.717) is 0 Å². The molecule has 0 saturated carbocycles. The van der Waals surface area contributed by atoms with Gasteiger partial charge in [0.1, 0.15) is 5.75 Å². The van der Waals surface area contributed by atoms with Crippen LogP contribution in [0.4, 0.5) is 5.69 Å². The van der Waals surface area contributed by atoms with E-state index < -0.39 is 0 Å². The van der Waals surface area contributed by atoms with Crippen LogP contribution >= 0.6 is 61.1 Å². The molecule has 0 spiro atoms. The van der Waals surface area contributed by atoms with E-state index >= 15 is 0 Å². The number of carbonyl (C=O) groups excluding carboxylic acids is 1. The second-order valence-electron chi connectivity index (χ2n) is 4.49. The van der Waals surface area contributed by atoms with Crippen molar-refractivity contribution in [3.8, 4) is 5.75 Å². The molecule has 5 nitrogen and oxygen atoms in total. The summed E-state index contributed by atoms with van der Waals surface area (Å²) in [7, 11) is 0. The van der Waals surface area contributed by atoms with Gasteiger partial charge in [0.25, 0.3) is 5.91 Å². The zero-order chi connectivity index (χ0) is 16.8. The van der Waals surface area contributed by atoms with Crippen LogP contribution in [0.3, 0.4) is 0 Å². The van der Waals surface area contributed by atoms with E-state index in [1.165, 1.54) is 0 Å². The highest BCUT2D eigenvalue weighted by atomic mass is 127. The van der Waals surface area contributed by atoms with Crippen LogP contribution in [0.5, 0.6) is 5.75 Å². The Hall–Kier alpha value is -0.880. The van der Waals surface area contributed by atoms with Crippen molar-refractivity contribution in [2.75, 3.05) is 11.9 Å². The normalized spacial score (nSPS) is 10.7. The summed E-state index contributed by atoms with van der Waals surface area (Å²) < 4.78 is 2.45. The molecule has 120 valence electrons. The molecule has 0 aromatic heterocycles. The Morgan fingerprint density at radius 3 is 2.43 bits per heavy atom. The predicted octanol–water partition coefficient (Wildman–Crippen LogP) is 3.93. The zero-order valence-electron chi connectivity index (χ0n) is 11.7. The van der Waals surface area contributed by atoms with E-state index in [9.17, 15) is 9.90 Å². The lowest BCUT2D eigenvalue weighted by Gasteiger charge is -2.05. The van der Waals surface area contributed by atoms with Crippen molar-refractivity contribution in [1.82, 2.24) is 5.43 Å². The molecule has 0 aliphatic rings. The molecular formula is C15H12BrI2N3O2. The summed E-state index contributed by atoms with van der Waals surface area (Å²) in [5.41, 5.74) is 4.12. The average molecular weight is 600 g/mol. The Bertz CT molecular complexity index is 713. The molecule has 0 unspecified atom stereocenters. The van der Waals surface area contributed by atoms with Crippen LogP contribution in [0.1, 0.15) is 5.56 Å². The number of benzene rings is 2. The number of hydrazone groups is 1. The third-order valence-electron chi connectivity index (χ3n) is 2.74. The van der Waals surface area contributed by atoms with Gasteiger partial charge in [-0.05, 0) is 87.1 Å². The standard InChI is InChI=1S/C15H12BrI2N3O2/c16-10-1-3-11(4-2-10)19-8-14(22)21-20-7-9-5-12(17)15(23)13(18)6-9/h1-7,19,23H,8H2,(H,21,22)/b20-7-. The maximum atomic E-state index is 11.7. The Morgan fingerprint density at radius 1 is 1.22 bits per heavy atom. The van der Waals surface area contributed by atoms with Gasteiger partial charge in [-0.15, -0.1) is 0 Å². The van der Waals surface area contributed by atoms with Crippen LogP contribution in [0.15, 0.2) is 46.0 Å². The van der Waals surface area contributed by atoms with Crippen molar-refractivity contribution in [3.05, 3.63) is 53.6 Å². The van der Waals surface area contributed by atoms with Gasteiger partial charge in [0.15, 0.2) is 0 Å². The number of carbonyl (C=O) groups is 1. The molecule has 23 heavy (non-hydrogen) atoms. The van der Waals surface area contributed by atoms with Gasteiger partial charge in [-0.25, -0.2) is 5.43 Å². The SMILES string of the molecule is O=C(CNc1ccc(Br)cc1)N/N=C\c1cc(I)c(O)c(I)c1. The molecular weight excluding hydrogens is 588 g/mol. The van der Waals surface area contributed by atoms with Gasteiger partial charge in [-0.2, -0.15) is 5.10 Å². The molecule has 8 heteroatoms. The number of anilines is 1. The van der Waals surface area contributed by atoms with Gasteiger partial charge >= 0.3 is 0 Å². The summed E-state index contributed by atoms with van der Waals surface area (Å²) >= 11 is 7.44. The van der Waals surface area contributed by atoms with Crippen molar-refractivity contribution in [2.45, 2.75) is 0 Å². The third-order valence-corrected chi connectivity index (χ3v) is 4.91. The first kappa shape index (κ1) is 18.5. The number of rotatable bonds is 5. The van der Waals surface area contributed by atoms with Crippen molar-refractivity contribution in [1.29, 1.82) is 0 Å². The van der Waals surface area contributed by atoms with Crippen molar-refractivity contribution in [3.63, 3.8) is 0 Å². The van der Waals surface area contributed by atoms with Crippen LogP contribution in [0, 0.1) is 7.14 Å². The maximum absolute atomic E-state index is 11.7. The molecule has 0 aliphatic heterocycles. The summed E-state index contributed by atoms with van der Waals surface area (Å²) in [4.78, 5) is 11.7. The lowest BCUT2D eigenvalue weighted by Crippen LogP contribution is -2.25. The largest absolute Gasteiger partial charge is 0.506 e. The number of hydrogen-bond donors (Lipinski definition) is 3. The number of nitrogens with one attached hydrogen (secondary N) is 2. The van der Waals surface area contributed by atoms with Crippen LogP contribution in [-0.4, -0.2) is 23.8 Å². The number of hydrogen-bond acceptors (Lipinski definition) is 4. The maximum Gasteiger partial charge on any atom is 0.259 e. The second-order valence-corrected chi connectivity index (χ2v) is 7.73. The number of amides is 1. The minimum absolute atomic E-state index is 0.129. The summed E-state index contributed by atoms with van der Waals surface area (Å²) in [5.74, 6) is 0.0124. The second kappa shape index (κ2) is 8.83. The van der Waals surface area contributed by atoms with Gasteiger partial charge in [0, 0.05) is 10.2 Å². The van der Waals surface area contributed by atoms with E-state index in [4.69, 9.17) is 0 Å². The molecule has 0 heterocycles. The Kier molecular flexibility index (Phi) is 7.09. The number of nitrogens with zero attached hydrogens (tertiary/aromatic N) is 1. The quantitative estimate of drug-likeness (QED) is 0.277. The van der Waals surface area contributed by atoms with Crippen LogP contribution < -0.4 is 10.7 Å². The predicted molar refractivity (Wildman–Crippen MR) is 112 cm³/mol. The fraction of sp³-hybridized carbons (Fsp3) is 0.0667. The first-order chi connectivity index (χ1) is 11.0. The summed E-state index contributed by atoms with van der Waals surface area (Å²) in [5, 5.41) is 16.6. The Labute approximate surface area is 169 Å². The number of phenols is 1. The smallest absolute Gasteiger partial charge is 0.259 e. The van der Waals surface area contributed by atoms with Crippen molar-refractivity contribution >= 4 is 78.9 Å². The number of halogens is 3. The first-order valence-electron chi connectivity index (χ1n) is 6.45. The van der Waals surface area contributed by atoms with Gasteiger partial charge in [0.2, 0.25) is 0 Å². The molecule has 2 aromatic carbocycles. The molecule has 0 saturated heterocycles. The summed E-state index contributed by atoms with van der Waals surface area (Å²) in [6.07, 6.45) is 1.54. The highest BCUT2D eigenvalue weighted by Crippen LogP contribution is 2.26. The van der Waals surface area contributed by atoms with E-state index in [1.54, 1.807) is 18.3 Å². The van der Waals surface area contributed by atoms with Gasteiger partial charge < -0.3 is 10.4 Å². The zero-order valence-corrected chi connectivity index (χ0v) is 17.6. The summed E-state index contributed by atoms with van der Waals surface area (Å²) in [6.45, 7) is 0.129. The molecule has 0 atom stereocenters. The fourth-order valence-electron chi connectivity index (χ4n) is 1.63. The first-order valence-corrected chi connectivity index (χ1v) is 9.40. The highest BCUT2D eigenvalue weighted by Gasteiger charge is 2.04. The Morgan fingerprint density at radius 2 is 1.83 bits per heavy atom. The lowest BCUT2D eigenvalue weighted by atomic mass is 10.2. The molecule has 0 aliphatic carbocycles. The number of aromatic hydroxyl groups is 1. The van der Waals surface area contributed by atoms with Crippen LogP contribution in [0.25, 0.3) is 0 Å². The summed E-state index contributed by atoms with van der Waals surface area (Å²) in [6, 6.07) is 11.1. The van der Waals surface area contributed by atoms with Crippen molar-refractivity contribution in [2.24, 2.45) is 5.10 Å². The average Bonchev–Trinajstić information content (AvgIpc) is 2.52. The fourth-order valence-corrected chi connectivity index (χ4v) is 3.71. The third kappa shape index (κ3) is 5.92. The molecule has 0 bridgehead atoms. The van der Waals surface area contributed by atoms with Crippen LogP contribution in [0.2, 0.25) is 0 Å². The van der Waals surface area contributed by atoms with Gasteiger partial charge in [-0.3, -0.25) is 4.79 Å². The Balaban J connectivity index is 1.85. The molecule has 2 rings (SSSR count). The van der Waals surface area contributed by atoms with Crippen LogP contribution in [-0.2, 0) is 4.79 Å². The highest BCUT2D eigenvalue weighted by molar-refractivity contribution is 14.1. The van der Waals surface area contributed by atoms with E-state index in [-0.39, 0.29) is 18.2 Å². The monoisotopic (exact) mass is 599 g/mol. The molecule has 3 N–H and O–H groups in total. The van der Waals surface area contributed by atoms with Gasteiger partial charge in [-0.1, -0.05) is 15.9 Å². The number of phenolic OH excluding ortho intramolecular Hbond substituents is 1. The molecule has 1 amide bonds. The van der Waals surface area contributed by atoms with E-state index in [1.807, 2.05) is 69.4 Å². The van der Waals surface area contributed by atoms with Gasteiger partial charge in [0.05, 0.1) is 19.9 Å². The molecule has 0 radical (unpaired) electrons.